The Morgan fingerprint density at radius 2 is 1.52 bits per heavy atom. The van der Waals surface area contributed by atoms with Crippen molar-refractivity contribution in [2.24, 2.45) is 11.7 Å². The van der Waals surface area contributed by atoms with Crippen LogP contribution in [-0.4, -0.2) is 52.6 Å². The zero-order valence-electron chi connectivity index (χ0n) is 18.2. The van der Waals surface area contributed by atoms with Crippen LogP contribution in [0, 0.1) is 5.92 Å². The molecule has 0 aliphatic carbocycles. The lowest BCUT2D eigenvalue weighted by molar-refractivity contribution is -0.146. The Labute approximate surface area is 182 Å². The molecule has 0 saturated carbocycles. The topological polar surface area (TPSA) is 173 Å². The Bertz CT molecular complexity index is 615. The lowest BCUT2D eigenvalue weighted by atomic mass is 10.1. The molecule has 1 atom stereocenters. The largest absolute Gasteiger partial charge is 0.481 e. The molecule has 5 N–H and O–H groups in total. The molecule has 0 heterocycles. The Kier molecular flexibility index (Phi) is 22.1. The number of unbranched alkanes of at least 4 members (excludes halogenated alkanes) is 2. The number of amides is 2. The van der Waals surface area contributed by atoms with Crippen molar-refractivity contribution in [3.8, 4) is 0 Å². The molecule has 0 unspecified atom stereocenters. The smallest absolute Gasteiger partial charge is 0.330 e. The summed E-state index contributed by atoms with van der Waals surface area (Å²) in [6.07, 6.45) is 7.06. The average molecular weight is 443 g/mol. The quantitative estimate of drug-likeness (QED) is 0.190. The third kappa shape index (κ3) is 28.9. The Morgan fingerprint density at radius 3 is 1.87 bits per heavy atom. The minimum atomic E-state index is -1.41. The van der Waals surface area contributed by atoms with Gasteiger partial charge in [0.05, 0.1) is 13.0 Å². The fraction of sp³-hybridized carbons (Fsp3) is 0.476. The molecule has 2 amide bonds. The minimum absolute atomic E-state index is 0.316. The first-order valence-electron chi connectivity index (χ1n) is 9.49. The average Bonchev–Trinajstić information content (AvgIpc) is 2.69. The predicted octanol–water partition coefficient (Wildman–Crippen LogP) is 1.81. The molecule has 10 nitrogen and oxygen atoms in total. The SMILES string of the molecule is C=CC(=O)N[C@@H](CC(=O)O)C(=O)O.C=CC(=O)OCCCCCC(C)C.C=CC(N)=O. The number of hydrogen-bond donors (Lipinski definition) is 4. The van der Waals surface area contributed by atoms with Crippen LogP contribution < -0.4 is 11.1 Å². The zero-order valence-corrected chi connectivity index (χ0v) is 18.2. The number of ether oxygens (including phenoxy) is 1. The van der Waals surface area contributed by atoms with E-state index in [2.05, 4.69) is 39.3 Å². The summed E-state index contributed by atoms with van der Waals surface area (Å²) in [5.41, 5.74) is 4.53. The highest BCUT2D eigenvalue weighted by Gasteiger charge is 2.21. The van der Waals surface area contributed by atoms with Gasteiger partial charge in [-0.15, -0.1) is 0 Å². The molecular formula is C21H34N2O8. The molecule has 0 fully saturated rings. The van der Waals surface area contributed by atoms with E-state index in [0.717, 1.165) is 30.9 Å². The van der Waals surface area contributed by atoms with E-state index in [1.54, 1.807) is 0 Å². The van der Waals surface area contributed by atoms with Crippen molar-refractivity contribution in [1.82, 2.24) is 5.32 Å². The van der Waals surface area contributed by atoms with Gasteiger partial charge in [0.15, 0.2) is 0 Å². The van der Waals surface area contributed by atoms with Crippen LogP contribution >= 0.6 is 0 Å². The second-order valence-corrected chi connectivity index (χ2v) is 6.42. The van der Waals surface area contributed by atoms with E-state index in [9.17, 15) is 24.0 Å². The molecule has 0 aliphatic rings. The van der Waals surface area contributed by atoms with Crippen LogP contribution in [0.3, 0.4) is 0 Å². The van der Waals surface area contributed by atoms with Crippen molar-refractivity contribution in [2.75, 3.05) is 6.61 Å². The molecule has 0 aromatic rings. The van der Waals surface area contributed by atoms with Gasteiger partial charge in [-0.25, -0.2) is 9.59 Å². The summed E-state index contributed by atoms with van der Waals surface area (Å²) < 4.78 is 4.84. The van der Waals surface area contributed by atoms with Crippen molar-refractivity contribution in [3.05, 3.63) is 38.0 Å². The molecule has 10 heteroatoms. The summed E-state index contributed by atoms with van der Waals surface area (Å²) in [6.45, 7) is 14.5. The summed E-state index contributed by atoms with van der Waals surface area (Å²) in [5, 5.41) is 18.7. The van der Waals surface area contributed by atoms with E-state index in [0.29, 0.717) is 6.61 Å². The van der Waals surface area contributed by atoms with Crippen LogP contribution in [0.1, 0.15) is 46.0 Å². The number of carbonyl (C=O) groups is 5. The molecule has 0 aromatic heterocycles. The Balaban J connectivity index is -0.000000416. The van der Waals surface area contributed by atoms with Crippen molar-refractivity contribution < 1.29 is 38.9 Å². The van der Waals surface area contributed by atoms with Crippen LogP contribution in [0.5, 0.6) is 0 Å². The van der Waals surface area contributed by atoms with E-state index in [1.807, 2.05) is 5.32 Å². The third-order valence-corrected chi connectivity index (χ3v) is 3.22. The van der Waals surface area contributed by atoms with Gasteiger partial charge in [-0.05, 0) is 24.5 Å². The highest BCUT2D eigenvalue weighted by atomic mass is 16.5. The van der Waals surface area contributed by atoms with Crippen LogP contribution in [0.4, 0.5) is 0 Å². The van der Waals surface area contributed by atoms with Gasteiger partial charge < -0.3 is 26.0 Å². The molecule has 0 aliphatic heterocycles. The van der Waals surface area contributed by atoms with Gasteiger partial charge in [0, 0.05) is 6.08 Å². The maximum absolute atomic E-state index is 10.6. The number of primary amides is 1. The summed E-state index contributed by atoms with van der Waals surface area (Å²) in [4.78, 5) is 51.2. The van der Waals surface area contributed by atoms with Gasteiger partial charge in [0.2, 0.25) is 11.8 Å². The second-order valence-electron chi connectivity index (χ2n) is 6.42. The highest BCUT2D eigenvalue weighted by molar-refractivity contribution is 5.92. The first-order chi connectivity index (χ1) is 14.4. The van der Waals surface area contributed by atoms with Crippen LogP contribution in [0.2, 0.25) is 0 Å². The van der Waals surface area contributed by atoms with Crippen molar-refractivity contribution in [1.29, 1.82) is 0 Å². The molecular weight excluding hydrogens is 408 g/mol. The Hall–Kier alpha value is -3.43. The summed E-state index contributed by atoms with van der Waals surface area (Å²) in [7, 11) is 0. The molecule has 31 heavy (non-hydrogen) atoms. The summed E-state index contributed by atoms with van der Waals surface area (Å²) in [6, 6.07) is -1.41. The monoisotopic (exact) mass is 442 g/mol. The number of esters is 1. The number of nitrogens with one attached hydrogen (secondary N) is 1. The minimum Gasteiger partial charge on any atom is -0.481 e. The van der Waals surface area contributed by atoms with Gasteiger partial charge in [-0.2, -0.15) is 0 Å². The van der Waals surface area contributed by atoms with Crippen LogP contribution in [-0.2, 0) is 28.7 Å². The third-order valence-electron chi connectivity index (χ3n) is 3.22. The number of nitrogens with two attached hydrogens (primary N) is 1. The second kappa shape index (κ2) is 21.3. The standard InChI is InChI=1S/C11H20O2.C7H9NO5.C3H5NO/c1-4-11(12)13-9-7-5-6-8-10(2)3;1-2-5(9)8-4(7(12)13)3-6(10)11;1-2-3(4)5/h4,10H,1,5-9H2,2-3H3;2,4H,1,3H2,(H,8,9)(H,10,11)(H,12,13);2H,1H2,(H2,4,5)/t;4-;/m.0./s1. The van der Waals surface area contributed by atoms with Gasteiger partial charge in [0.25, 0.3) is 0 Å². The maximum atomic E-state index is 10.6. The fourth-order valence-electron chi connectivity index (χ4n) is 1.67. The fourth-order valence-corrected chi connectivity index (χ4v) is 1.67. The van der Waals surface area contributed by atoms with E-state index in [4.69, 9.17) is 14.9 Å². The number of carboxylic acid groups (broad SMARTS) is 2. The zero-order chi connectivity index (χ0) is 24.8. The summed E-state index contributed by atoms with van der Waals surface area (Å²) in [5.74, 6) is -3.42. The molecule has 176 valence electrons. The number of aliphatic carboxylic acids is 2. The number of rotatable bonds is 13. The van der Waals surface area contributed by atoms with Crippen molar-refractivity contribution in [3.63, 3.8) is 0 Å². The normalized spacial score (nSPS) is 10.0. The lowest BCUT2D eigenvalue weighted by Crippen LogP contribution is -2.41. The maximum Gasteiger partial charge on any atom is 0.330 e. The van der Waals surface area contributed by atoms with E-state index in [-0.39, 0.29) is 5.97 Å². The van der Waals surface area contributed by atoms with Crippen molar-refractivity contribution >= 4 is 29.7 Å². The number of carboxylic acids is 2. The molecule has 0 saturated heterocycles. The van der Waals surface area contributed by atoms with Crippen LogP contribution in [0.15, 0.2) is 38.0 Å². The van der Waals surface area contributed by atoms with Gasteiger partial charge in [0.1, 0.15) is 6.04 Å². The van der Waals surface area contributed by atoms with Gasteiger partial charge in [-0.3, -0.25) is 14.4 Å². The van der Waals surface area contributed by atoms with Crippen molar-refractivity contribution in [2.45, 2.75) is 52.0 Å². The molecule has 0 rings (SSSR count). The Morgan fingerprint density at radius 1 is 0.968 bits per heavy atom. The van der Waals surface area contributed by atoms with E-state index >= 15 is 0 Å². The first-order valence-corrected chi connectivity index (χ1v) is 9.49. The molecule has 0 bridgehead atoms. The van der Waals surface area contributed by atoms with E-state index in [1.165, 1.54) is 18.9 Å². The van der Waals surface area contributed by atoms with Gasteiger partial charge >= 0.3 is 17.9 Å². The number of hydrogen-bond acceptors (Lipinski definition) is 6. The van der Waals surface area contributed by atoms with E-state index < -0.39 is 36.2 Å². The predicted molar refractivity (Wildman–Crippen MR) is 116 cm³/mol. The highest BCUT2D eigenvalue weighted by Crippen LogP contribution is 2.07. The summed E-state index contributed by atoms with van der Waals surface area (Å²) >= 11 is 0. The molecule has 0 spiro atoms. The molecule has 0 radical (unpaired) electrons. The lowest BCUT2D eigenvalue weighted by Gasteiger charge is -2.09. The van der Waals surface area contributed by atoms with Gasteiger partial charge in [-0.1, -0.05) is 52.8 Å². The first kappa shape index (κ1) is 32.2. The number of carbonyl (C=O) groups excluding carboxylic acids is 3. The van der Waals surface area contributed by atoms with Crippen LogP contribution in [0.25, 0.3) is 0 Å². The molecule has 0 aromatic carbocycles.